The lowest BCUT2D eigenvalue weighted by Crippen LogP contribution is -2.62. The SMILES string of the molecule is CCC(C)C(C)N1CC(C(C)(C)C)NCC1CC. The van der Waals surface area contributed by atoms with Gasteiger partial charge in [0.15, 0.2) is 0 Å². The summed E-state index contributed by atoms with van der Waals surface area (Å²) in [6, 6.07) is 2.03. The summed E-state index contributed by atoms with van der Waals surface area (Å²) >= 11 is 0. The Hall–Kier alpha value is -0.0800. The minimum absolute atomic E-state index is 0.353. The molecule has 2 heteroatoms. The normalized spacial score (nSPS) is 30.2. The third kappa shape index (κ3) is 3.71. The Morgan fingerprint density at radius 2 is 1.83 bits per heavy atom. The highest BCUT2D eigenvalue weighted by Crippen LogP contribution is 2.27. The van der Waals surface area contributed by atoms with Crippen molar-refractivity contribution in [1.82, 2.24) is 10.2 Å². The number of piperazine rings is 1. The first-order valence-corrected chi connectivity index (χ1v) is 7.80. The van der Waals surface area contributed by atoms with E-state index < -0.39 is 0 Å². The lowest BCUT2D eigenvalue weighted by atomic mass is 9.83. The van der Waals surface area contributed by atoms with Crippen LogP contribution in [0, 0.1) is 11.3 Å². The molecule has 1 heterocycles. The predicted octanol–water partition coefficient (Wildman–Crippen LogP) is 3.52. The largest absolute Gasteiger partial charge is 0.311 e. The first-order valence-electron chi connectivity index (χ1n) is 7.80. The number of rotatable bonds is 4. The molecular weight excluding hydrogens is 220 g/mol. The second-order valence-electron chi connectivity index (χ2n) is 7.21. The number of nitrogens with one attached hydrogen (secondary N) is 1. The highest BCUT2D eigenvalue weighted by molar-refractivity contribution is 4.93. The van der Waals surface area contributed by atoms with Crippen LogP contribution in [0.4, 0.5) is 0 Å². The van der Waals surface area contributed by atoms with Crippen LogP contribution in [0.1, 0.15) is 61.3 Å². The van der Waals surface area contributed by atoms with Crippen LogP contribution < -0.4 is 5.32 Å². The van der Waals surface area contributed by atoms with Gasteiger partial charge in [0.1, 0.15) is 0 Å². The molecule has 0 bridgehead atoms. The summed E-state index contributed by atoms with van der Waals surface area (Å²) in [5.41, 5.74) is 0.353. The smallest absolute Gasteiger partial charge is 0.0244 e. The number of hydrogen-bond acceptors (Lipinski definition) is 2. The fourth-order valence-electron chi connectivity index (χ4n) is 2.95. The van der Waals surface area contributed by atoms with E-state index in [1.165, 1.54) is 19.4 Å². The van der Waals surface area contributed by atoms with E-state index in [4.69, 9.17) is 0 Å². The molecule has 1 rings (SSSR count). The van der Waals surface area contributed by atoms with Gasteiger partial charge in [0.05, 0.1) is 0 Å². The van der Waals surface area contributed by atoms with Gasteiger partial charge in [-0.15, -0.1) is 0 Å². The van der Waals surface area contributed by atoms with Crippen LogP contribution in [-0.4, -0.2) is 36.1 Å². The molecule has 1 saturated heterocycles. The molecule has 0 aromatic carbocycles. The summed E-state index contributed by atoms with van der Waals surface area (Å²) in [5.74, 6) is 0.790. The predicted molar refractivity (Wildman–Crippen MR) is 80.9 cm³/mol. The topological polar surface area (TPSA) is 15.3 Å². The van der Waals surface area contributed by atoms with Crippen molar-refractivity contribution in [3.8, 4) is 0 Å². The van der Waals surface area contributed by atoms with Crippen molar-refractivity contribution in [2.75, 3.05) is 13.1 Å². The maximum absolute atomic E-state index is 3.76. The van der Waals surface area contributed by atoms with E-state index in [1.54, 1.807) is 0 Å². The van der Waals surface area contributed by atoms with Gasteiger partial charge < -0.3 is 5.32 Å². The standard InChI is InChI=1S/C16H34N2/c1-8-12(3)13(4)18-11-15(16(5,6)7)17-10-14(18)9-2/h12-15,17H,8-11H2,1-7H3. The van der Waals surface area contributed by atoms with Crippen LogP contribution in [0.3, 0.4) is 0 Å². The van der Waals surface area contributed by atoms with Crippen molar-refractivity contribution in [2.24, 2.45) is 11.3 Å². The maximum Gasteiger partial charge on any atom is 0.0244 e. The second-order valence-corrected chi connectivity index (χ2v) is 7.21. The Labute approximate surface area is 115 Å². The van der Waals surface area contributed by atoms with E-state index in [2.05, 4.69) is 58.7 Å². The molecule has 1 fully saturated rings. The lowest BCUT2D eigenvalue weighted by Gasteiger charge is -2.48. The summed E-state index contributed by atoms with van der Waals surface area (Å²) in [6.07, 6.45) is 2.53. The zero-order valence-electron chi connectivity index (χ0n) is 13.6. The highest BCUT2D eigenvalue weighted by atomic mass is 15.3. The van der Waals surface area contributed by atoms with Crippen molar-refractivity contribution in [3.05, 3.63) is 0 Å². The molecule has 1 aliphatic heterocycles. The maximum atomic E-state index is 3.76. The molecule has 4 atom stereocenters. The van der Waals surface area contributed by atoms with Gasteiger partial charge in [0, 0.05) is 31.2 Å². The van der Waals surface area contributed by atoms with Gasteiger partial charge >= 0.3 is 0 Å². The zero-order chi connectivity index (χ0) is 13.9. The molecule has 18 heavy (non-hydrogen) atoms. The molecule has 1 aliphatic rings. The van der Waals surface area contributed by atoms with Gasteiger partial charge in [-0.05, 0) is 24.7 Å². The Morgan fingerprint density at radius 1 is 1.22 bits per heavy atom. The summed E-state index contributed by atoms with van der Waals surface area (Å²) < 4.78 is 0. The van der Waals surface area contributed by atoms with Crippen molar-refractivity contribution < 1.29 is 0 Å². The van der Waals surface area contributed by atoms with Gasteiger partial charge in [-0.25, -0.2) is 0 Å². The Kier molecular flexibility index (Phi) is 5.67. The molecule has 0 aromatic rings. The zero-order valence-corrected chi connectivity index (χ0v) is 13.6. The minimum atomic E-state index is 0.353. The van der Waals surface area contributed by atoms with Crippen LogP contribution in [0.25, 0.3) is 0 Å². The van der Waals surface area contributed by atoms with Crippen molar-refractivity contribution >= 4 is 0 Å². The summed E-state index contributed by atoms with van der Waals surface area (Å²) in [4.78, 5) is 2.76. The fraction of sp³-hybridized carbons (Fsp3) is 1.00. The monoisotopic (exact) mass is 254 g/mol. The Balaban J connectivity index is 2.76. The van der Waals surface area contributed by atoms with E-state index in [0.29, 0.717) is 23.5 Å². The van der Waals surface area contributed by atoms with Crippen LogP contribution in [0.2, 0.25) is 0 Å². The average Bonchev–Trinajstić information content (AvgIpc) is 2.35. The summed E-state index contributed by atoms with van der Waals surface area (Å²) in [6.45, 7) is 18.8. The molecule has 108 valence electrons. The van der Waals surface area contributed by atoms with Crippen molar-refractivity contribution in [1.29, 1.82) is 0 Å². The molecule has 0 aliphatic carbocycles. The molecule has 0 spiro atoms. The molecule has 0 aromatic heterocycles. The second kappa shape index (κ2) is 6.38. The fourth-order valence-corrected chi connectivity index (χ4v) is 2.95. The van der Waals surface area contributed by atoms with Crippen LogP contribution >= 0.6 is 0 Å². The van der Waals surface area contributed by atoms with Gasteiger partial charge in [0.2, 0.25) is 0 Å². The van der Waals surface area contributed by atoms with E-state index in [9.17, 15) is 0 Å². The molecule has 0 amide bonds. The average molecular weight is 254 g/mol. The van der Waals surface area contributed by atoms with E-state index >= 15 is 0 Å². The lowest BCUT2D eigenvalue weighted by molar-refractivity contribution is 0.0340. The Morgan fingerprint density at radius 3 is 2.28 bits per heavy atom. The molecule has 4 unspecified atom stereocenters. The van der Waals surface area contributed by atoms with Gasteiger partial charge in [-0.3, -0.25) is 4.90 Å². The van der Waals surface area contributed by atoms with Crippen LogP contribution in [0.15, 0.2) is 0 Å². The van der Waals surface area contributed by atoms with Crippen LogP contribution in [0.5, 0.6) is 0 Å². The summed E-state index contributed by atoms with van der Waals surface area (Å²) in [5, 5.41) is 3.76. The van der Waals surface area contributed by atoms with E-state index in [1.807, 2.05) is 0 Å². The minimum Gasteiger partial charge on any atom is -0.311 e. The Bertz CT molecular complexity index is 244. The van der Waals surface area contributed by atoms with Crippen molar-refractivity contribution in [2.45, 2.75) is 79.4 Å². The number of nitrogens with zero attached hydrogens (tertiary/aromatic N) is 1. The highest BCUT2D eigenvalue weighted by Gasteiger charge is 2.36. The first-order chi connectivity index (χ1) is 8.31. The molecule has 1 N–H and O–H groups in total. The van der Waals surface area contributed by atoms with Gasteiger partial charge in [-0.1, -0.05) is 48.0 Å². The first kappa shape index (κ1) is 16.0. The van der Waals surface area contributed by atoms with Gasteiger partial charge in [0.25, 0.3) is 0 Å². The van der Waals surface area contributed by atoms with E-state index in [-0.39, 0.29) is 0 Å². The van der Waals surface area contributed by atoms with Crippen molar-refractivity contribution in [3.63, 3.8) is 0 Å². The third-order valence-corrected chi connectivity index (χ3v) is 4.97. The molecule has 0 radical (unpaired) electrons. The quantitative estimate of drug-likeness (QED) is 0.826. The van der Waals surface area contributed by atoms with Crippen LogP contribution in [-0.2, 0) is 0 Å². The third-order valence-electron chi connectivity index (χ3n) is 4.97. The summed E-state index contributed by atoms with van der Waals surface area (Å²) in [7, 11) is 0. The molecule has 0 saturated carbocycles. The van der Waals surface area contributed by atoms with E-state index in [0.717, 1.165) is 12.5 Å². The van der Waals surface area contributed by atoms with Gasteiger partial charge in [-0.2, -0.15) is 0 Å². The molecule has 2 nitrogen and oxygen atoms in total. The number of hydrogen-bond donors (Lipinski definition) is 1. The molecular formula is C16H34N2.